The van der Waals surface area contributed by atoms with Crippen molar-refractivity contribution in [1.82, 2.24) is 10.9 Å². The number of nitrogens with zero attached hydrogens (tertiary/aromatic N) is 1. The van der Waals surface area contributed by atoms with Crippen molar-refractivity contribution in [3.8, 4) is 0 Å². The number of hydrogen-bond donors (Lipinski definition) is 2. The Labute approximate surface area is 159 Å². The van der Waals surface area contributed by atoms with E-state index in [1.807, 2.05) is 0 Å². The number of non-ortho nitro benzene ring substituents is 1. The summed E-state index contributed by atoms with van der Waals surface area (Å²) in [6.07, 6.45) is 0. The molecular weight excluding hydrogens is 422 g/mol. The van der Waals surface area contributed by atoms with E-state index in [0.717, 1.165) is 10.5 Å². The molecule has 0 aliphatic carbocycles. The number of halogens is 1. The van der Waals surface area contributed by atoms with Crippen molar-refractivity contribution in [2.24, 2.45) is 0 Å². The van der Waals surface area contributed by atoms with Gasteiger partial charge in [0.2, 0.25) is 0 Å². The van der Waals surface area contributed by atoms with Crippen LogP contribution in [0.2, 0.25) is 0 Å². The van der Waals surface area contributed by atoms with Crippen LogP contribution >= 0.6 is 15.9 Å². The summed E-state index contributed by atoms with van der Waals surface area (Å²) >= 11 is 3.24. The molecule has 0 fully saturated rings. The van der Waals surface area contributed by atoms with Crippen molar-refractivity contribution in [3.05, 3.63) is 84.7 Å². The zero-order chi connectivity index (χ0) is 19.6. The quantitative estimate of drug-likeness (QED) is 0.372. The molecule has 0 saturated carbocycles. The van der Waals surface area contributed by atoms with Crippen molar-refractivity contribution in [3.63, 3.8) is 0 Å². The lowest BCUT2D eigenvalue weighted by Crippen LogP contribution is -2.43. The van der Waals surface area contributed by atoms with Crippen LogP contribution in [-0.4, -0.2) is 16.7 Å². The smallest absolute Gasteiger partial charge is 0.349 e. The number of nitrogens with one attached hydrogen (secondary N) is 2. The maximum atomic E-state index is 12.2. The van der Waals surface area contributed by atoms with Crippen molar-refractivity contribution in [2.75, 3.05) is 0 Å². The van der Waals surface area contributed by atoms with Crippen molar-refractivity contribution < 1.29 is 18.9 Å². The molecule has 10 heteroatoms. The number of fused-ring (bicyclic) bond motifs is 1. The van der Waals surface area contributed by atoms with Crippen molar-refractivity contribution >= 4 is 44.4 Å². The molecule has 2 aromatic carbocycles. The molecule has 0 aliphatic heterocycles. The summed E-state index contributed by atoms with van der Waals surface area (Å²) in [6, 6.07) is 11.2. The average molecular weight is 432 g/mol. The van der Waals surface area contributed by atoms with Gasteiger partial charge in [0.15, 0.2) is 0 Å². The largest absolute Gasteiger partial charge is 0.422 e. The molecule has 3 aromatic rings. The van der Waals surface area contributed by atoms with E-state index < -0.39 is 27.9 Å². The van der Waals surface area contributed by atoms with E-state index in [1.165, 1.54) is 30.3 Å². The molecule has 0 saturated heterocycles. The first-order valence-corrected chi connectivity index (χ1v) is 8.23. The number of carbonyl (C=O) groups excluding carboxylic acids is 2. The number of benzene rings is 2. The van der Waals surface area contributed by atoms with Crippen LogP contribution in [0.4, 0.5) is 5.69 Å². The van der Waals surface area contributed by atoms with Crippen molar-refractivity contribution in [1.29, 1.82) is 0 Å². The van der Waals surface area contributed by atoms with Crippen LogP contribution in [0, 0.1) is 10.1 Å². The molecule has 3 rings (SSSR count). The predicted octanol–water partition coefficient (Wildman–Crippen LogP) is 2.54. The van der Waals surface area contributed by atoms with Gasteiger partial charge in [-0.3, -0.25) is 30.6 Å². The van der Waals surface area contributed by atoms with E-state index in [0.29, 0.717) is 5.56 Å². The summed E-state index contributed by atoms with van der Waals surface area (Å²) in [5.74, 6) is -1.50. The SMILES string of the molecule is O=C(NNC(=O)c1cc2cc([N+](=O)[O-])ccc2oc1=O)c1ccc(Br)cc1. The molecule has 27 heavy (non-hydrogen) atoms. The van der Waals surface area contributed by atoms with E-state index in [9.17, 15) is 24.5 Å². The number of rotatable bonds is 3. The molecule has 0 aliphatic rings. The van der Waals surface area contributed by atoms with Gasteiger partial charge in [-0.1, -0.05) is 15.9 Å². The Morgan fingerprint density at radius 2 is 1.67 bits per heavy atom. The third-order valence-corrected chi connectivity index (χ3v) is 4.10. The second kappa shape index (κ2) is 7.38. The van der Waals surface area contributed by atoms with E-state index in [1.54, 1.807) is 12.1 Å². The molecule has 0 unspecified atom stereocenters. The third kappa shape index (κ3) is 4.01. The fourth-order valence-corrected chi connectivity index (χ4v) is 2.50. The van der Waals surface area contributed by atoms with Crippen LogP contribution in [0.15, 0.2) is 62.2 Å². The Kier molecular flexibility index (Phi) is 4.99. The number of amides is 2. The Morgan fingerprint density at radius 1 is 1.00 bits per heavy atom. The summed E-state index contributed by atoms with van der Waals surface area (Å²) in [5, 5.41) is 11.0. The summed E-state index contributed by atoms with van der Waals surface area (Å²) in [4.78, 5) is 46.4. The number of hydrazine groups is 1. The van der Waals surface area contributed by atoms with E-state index in [-0.39, 0.29) is 16.7 Å². The summed E-state index contributed by atoms with van der Waals surface area (Å²) in [7, 11) is 0. The molecule has 2 amide bonds. The lowest BCUT2D eigenvalue weighted by atomic mass is 10.1. The lowest BCUT2D eigenvalue weighted by molar-refractivity contribution is -0.384. The first-order chi connectivity index (χ1) is 12.8. The first kappa shape index (κ1) is 18.3. The highest BCUT2D eigenvalue weighted by molar-refractivity contribution is 9.10. The normalized spacial score (nSPS) is 10.4. The van der Waals surface area contributed by atoms with Crippen LogP contribution in [-0.2, 0) is 0 Å². The summed E-state index contributed by atoms with van der Waals surface area (Å²) in [6.45, 7) is 0. The standard InChI is InChI=1S/C17H10BrN3O6/c18-11-3-1-9(2-4-11)15(22)19-20-16(23)13-8-10-7-12(21(25)26)5-6-14(10)27-17(13)24/h1-8H,(H,19,22)(H,20,23). The van der Waals surface area contributed by atoms with Gasteiger partial charge in [0.1, 0.15) is 11.1 Å². The van der Waals surface area contributed by atoms with Gasteiger partial charge in [-0.05, 0) is 36.4 Å². The number of hydrogen-bond acceptors (Lipinski definition) is 6. The monoisotopic (exact) mass is 431 g/mol. The fourth-order valence-electron chi connectivity index (χ4n) is 2.24. The van der Waals surface area contributed by atoms with Crippen molar-refractivity contribution in [2.45, 2.75) is 0 Å². The highest BCUT2D eigenvalue weighted by Gasteiger charge is 2.16. The predicted molar refractivity (Wildman–Crippen MR) is 98.2 cm³/mol. The number of nitro benzene ring substituents is 1. The minimum atomic E-state index is -0.938. The second-order valence-electron chi connectivity index (χ2n) is 5.34. The topological polar surface area (TPSA) is 132 Å². The maximum Gasteiger partial charge on any atom is 0.349 e. The highest BCUT2D eigenvalue weighted by Crippen LogP contribution is 2.20. The molecule has 0 bridgehead atoms. The number of nitro groups is 1. The zero-order valence-electron chi connectivity index (χ0n) is 13.4. The van der Waals surface area contributed by atoms with Crippen LogP contribution in [0.1, 0.15) is 20.7 Å². The first-order valence-electron chi connectivity index (χ1n) is 7.44. The molecule has 2 N–H and O–H groups in total. The average Bonchev–Trinajstić information content (AvgIpc) is 2.65. The minimum absolute atomic E-state index is 0.0982. The van der Waals surface area contributed by atoms with Gasteiger partial charge in [0.05, 0.1) is 4.92 Å². The molecule has 9 nitrogen and oxygen atoms in total. The lowest BCUT2D eigenvalue weighted by Gasteiger charge is -2.07. The molecule has 0 radical (unpaired) electrons. The van der Waals surface area contributed by atoms with Gasteiger partial charge in [0.25, 0.3) is 17.5 Å². The Hall–Kier alpha value is -3.53. The van der Waals surface area contributed by atoms with Gasteiger partial charge >= 0.3 is 5.63 Å². The second-order valence-corrected chi connectivity index (χ2v) is 6.26. The van der Waals surface area contributed by atoms with Gasteiger partial charge in [0, 0.05) is 27.6 Å². The molecule has 1 heterocycles. The Bertz CT molecular complexity index is 1120. The van der Waals surface area contributed by atoms with Crippen LogP contribution in [0.3, 0.4) is 0 Å². The van der Waals surface area contributed by atoms with Crippen LogP contribution in [0.5, 0.6) is 0 Å². The van der Waals surface area contributed by atoms with Gasteiger partial charge < -0.3 is 4.42 Å². The summed E-state index contributed by atoms with van der Waals surface area (Å²) in [5.41, 5.74) is 3.12. The maximum absolute atomic E-state index is 12.2. The van der Waals surface area contributed by atoms with E-state index in [4.69, 9.17) is 4.42 Å². The van der Waals surface area contributed by atoms with Gasteiger partial charge in [-0.25, -0.2) is 4.79 Å². The molecule has 0 atom stereocenters. The molecular formula is C17H10BrN3O6. The summed E-state index contributed by atoms with van der Waals surface area (Å²) < 4.78 is 5.78. The Balaban J connectivity index is 1.81. The molecule has 1 aromatic heterocycles. The molecule has 0 spiro atoms. The zero-order valence-corrected chi connectivity index (χ0v) is 15.0. The van der Waals surface area contributed by atoms with Gasteiger partial charge in [-0.2, -0.15) is 0 Å². The minimum Gasteiger partial charge on any atom is -0.422 e. The number of carbonyl (C=O) groups is 2. The Morgan fingerprint density at radius 3 is 2.33 bits per heavy atom. The third-order valence-electron chi connectivity index (χ3n) is 3.57. The van der Waals surface area contributed by atoms with Crippen LogP contribution < -0.4 is 16.5 Å². The molecule has 136 valence electrons. The van der Waals surface area contributed by atoms with E-state index in [2.05, 4.69) is 26.8 Å². The highest BCUT2D eigenvalue weighted by atomic mass is 79.9. The fraction of sp³-hybridized carbons (Fsp3) is 0. The van der Waals surface area contributed by atoms with E-state index >= 15 is 0 Å². The van der Waals surface area contributed by atoms with Gasteiger partial charge in [-0.15, -0.1) is 0 Å². The van der Waals surface area contributed by atoms with Crippen LogP contribution in [0.25, 0.3) is 11.0 Å².